The summed E-state index contributed by atoms with van der Waals surface area (Å²) in [6.07, 6.45) is 1.45. The van der Waals surface area contributed by atoms with Gasteiger partial charge in [0, 0.05) is 18.2 Å². The number of hydrogen-bond acceptors (Lipinski definition) is 3. The molecule has 0 aliphatic rings. The molecule has 0 saturated heterocycles. The lowest BCUT2D eigenvalue weighted by atomic mass is 10.1. The van der Waals surface area contributed by atoms with Crippen molar-refractivity contribution in [2.24, 2.45) is 0 Å². The molecular formula is C16H11ClF3N3O. The van der Waals surface area contributed by atoms with Crippen LogP contribution in [-0.2, 0) is 0 Å². The van der Waals surface area contributed by atoms with Crippen molar-refractivity contribution < 1.29 is 17.9 Å². The normalized spacial score (nSPS) is 10.9. The van der Waals surface area contributed by atoms with Crippen molar-refractivity contribution in [2.75, 3.05) is 7.11 Å². The third kappa shape index (κ3) is 2.71. The third-order valence-corrected chi connectivity index (χ3v) is 3.70. The molecule has 3 rings (SSSR count). The summed E-state index contributed by atoms with van der Waals surface area (Å²) in [5, 5.41) is -0.104. The smallest absolute Gasteiger partial charge is 0.213 e. The summed E-state index contributed by atoms with van der Waals surface area (Å²) in [5.74, 6) is -2.39. The summed E-state index contributed by atoms with van der Waals surface area (Å²) in [5.41, 5.74) is -0.000207. The number of nitrogens with zero attached hydrogens (tertiary/aromatic N) is 3. The maximum Gasteiger partial charge on any atom is 0.213 e. The number of aryl methyl sites for hydroxylation is 1. The minimum atomic E-state index is -1.07. The van der Waals surface area contributed by atoms with Crippen LogP contribution in [0.25, 0.3) is 16.9 Å². The largest absolute Gasteiger partial charge is 0.481 e. The lowest BCUT2D eigenvalue weighted by Gasteiger charge is -2.12. The molecule has 0 atom stereocenters. The first-order valence-corrected chi connectivity index (χ1v) is 7.20. The first kappa shape index (κ1) is 16.3. The highest BCUT2D eigenvalue weighted by atomic mass is 35.5. The standard InChI is InChI=1S/C16H11ClF3N3O/c1-8-22-16(17)15(14-11(19)5-9(18)6-12(14)20)23(8)10-3-4-13(24-2)21-7-10/h3-7H,1-2H3. The van der Waals surface area contributed by atoms with E-state index in [2.05, 4.69) is 9.97 Å². The van der Waals surface area contributed by atoms with E-state index >= 15 is 0 Å². The van der Waals surface area contributed by atoms with Crippen LogP contribution in [-0.4, -0.2) is 21.6 Å². The van der Waals surface area contributed by atoms with E-state index in [-0.39, 0.29) is 10.8 Å². The minimum absolute atomic E-state index is 0.0175. The Bertz CT molecular complexity index is 887. The molecule has 0 amide bonds. The highest BCUT2D eigenvalue weighted by Crippen LogP contribution is 2.35. The highest BCUT2D eigenvalue weighted by molar-refractivity contribution is 6.32. The fourth-order valence-corrected chi connectivity index (χ4v) is 2.73. The molecule has 3 aromatic rings. The highest BCUT2D eigenvalue weighted by Gasteiger charge is 2.23. The molecule has 2 heterocycles. The predicted molar refractivity (Wildman–Crippen MR) is 83.0 cm³/mol. The van der Waals surface area contributed by atoms with Crippen LogP contribution in [0.2, 0.25) is 5.15 Å². The van der Waals surface area contributed by atoms with Crippen molar-refractivity contribution >= 4 is 11.6 Å². The number of halogens is 4. The molecule has 0 fully saturated rings. The van der Waals surface area contributed by atoms with Crippen LogP contribution in [0, 0.1) is 24.4 Å². The van der Waals surface area contributed by atoms with Crippen LogP contribution in [0.1, 0.15) is 5.82 Å². The fourth-order valence-electron chi connectivity index (χ4n) is 2.42. The molecule has 4 nitrogen and oxygen atoms in total. The number of pyridine rings is 1. The van der Waals surface area contributed by atoms with Gasteiger partial charge in [-0.1, -0.05) is 11.6 Å². The summed E-state index contributed by atoms with van der Waals surface area (Å²) in [4.78, 5) is 8.11. The zero-order chi connectivity index (χ0) is 17.4. The molecule has 0 N–H and O–H groups in total. The first-order chi connectivity index (χ1) is 11.4. The second kappa shape index (κ2) is 6.16. The molecule has 1 aromatic carbocycles. The summed E-state index contributed by atoms with van der Waals surface area (Å²) in [7, 11) is 1.47. The number of rotatable bonds is 3. The maximum absolute atomic E-state index is 14.2. The Labute approximate surface area is 140 Å². The van der Waals surface area contributed by atoms with Crippen LogP contribution >= 0.6 is 11.6 Å². The van der Waals surface area contributed by atoms with Gasteiger partial charge in [0.15, 0.2) is 5.15 Å². The molecule has 124 valence electrons. The Morgan fingerprint density at radius 3 is 2.33 bits per heavy atom. The molecule has 24 heavy (non-hydrogen) atoms. The van der Waals surface area contributed by atoms with Crippen molar-refractivity contribution in [1.82, 2.24) is 14.5 Å². The second-order valence-corrected chi connectivity index (χ2v) is 5.30. The van der Waals surface area contributed by atoms with Crippen LogP contribution in [0.4, 0.5) is 13.2 Å². The summed E-state index contributed by atoms with van der Waals surface area (Å²) < 4.78 is 48.0. The van der Waals surface area contributed by atoms with Crippen molar-refractivity contribution in [2.45, 2.75) is 6.92 Å². The van der Waals surface area contributed by atoms with E-state index in [9.17, 15) is 13.2 Å². The molecular weight excluding hydrogens is 343 g/mol. The van der Waals surface area contributed by atoms with Gasteiger partial charge in [-0.25, -0.2) is 23.1 Å². The lowest BCUT2D eigenvalue weighted by molar-refractivity contribution is 0.398. The second-order valence-electron chi connectivity index (χ2n) is 4.94. The van der Waals surface area contributed by atoms with Crippen LogP contribution in [0.3, 0.4) is 0 Å². The van der Waals surface area contributed by atoms with Crippen molar-refractivity contribution in [3.63, 3.8) is 0 Å². The monoisotopic (exact) mass is 353 g/mol. The van der Waals surface area contributed by atoms with Gasteiger partial charge in [-0.05, 0) is 13.0 Å². The quantitative estimate of drug-likeness (QED) is 0.704. The number of methoxy groups -OCH3 is 1. The Morgan fingerprint density at radius 1 is 1.12 bits per heavy atom. The lowest BCUT2D eigenvalue weighted by Crippen LogP contribution is -2.03. The number of ether oxygens (including phenoxy) is 1. The summed E-state index contributed by atoms with van der Waals surface area (Å²) in [6, 6.07) is 4.41. The number of hydrogen-bond donors (Lipinski definition) is 0. The molecule has 0 unspecified atom stereocenters. The Morgan fingerprint density at radius 2 is 1.79 bits per heavy atom. The molecule has 0 spiro atoms. The van der Waals surface area contributed by atoms with Gasteiger partial charge in [0.05, 0.1) is 30.3 Å². The maximum atomic E-state index is 14.2. The SMILES string of the molecule is COc1ccc(-n2c(C)nc(Cl)c2-c2c(F)cc(F)cc2F)cn1. The Kier molecular flexibility index (Phi) is 4.19. The number of aromatic nitrogens is 3. The topological polar surface area (TPSA) is 39.9 Å². The Balaban J connectivity index is 2.27. The number of benzene rings is 1. The van der Waals surface area contributed by atoms with Gasteiger partial charge in [0.2, 0.25) is 5.88 Å². The van der Waals surface area contributed by atoms with E-state index in [1.165, 1.54) is 17.9 Å². The van der Waals surface area contributed by atoms with Crippen LogP contribution < -0.4 is 4.74 Å². The van der Waals surface area contributed by atoms with Crippen molar-refractivity contribution in [3.8, 4) is 22.8 Å². The third-order valence-electron chi connectivity index (χ3n) is 3.43. The zero-order valence-electron chi connectivity index (χ0n) is 12.6. The van der Waals surface area contributed by atoms with E-state index in [0.717, 1.165) is 0 Å². The van der Waals surface area contributed by atoms with Gasteiger partial charge in [0.25, 0.3) is 0 Å². The average molecular weight is 354 g/mol. The molecule has 0 aliphatic heterocycles. The Hall–Kier alpha value is -2.54. The van der Waals surface area contributed by atoms with Crippen LogP contribution in [0.5, 0.6) is 5.88 Å². The summed E-state index contributed by atoms with van der Waals surface area (Å²) >= 11 is 6.07. The van der Waals surface area contributed by atoms with E-state index in [4.69, 9.17) is 16.3 Å². The van der Waals surface area contributed by atoms with Crippen LogP contribution in [0.15, 0.2) is 30.5 Å². The van der Waals surface area contributed by atoms with Gasteiger partial charge in [0.1, 0.15) is 23.3 Å². The van der Waals surface area contributed by atoms with Gasteiger partial charge in [-0.15, -0.1) is 0 Å². The molecule has 0 bridgehead atoms. The van der Waals surface area contributed by atoms with Gasteiger partial charge in [-0.3, -0.25) is 4.57 Å². The molecule has 2 aromatic heterocycles. The predicted octanol–water partition coefficient (Wildman–Crippen LogP) is 4.32. The van der Waals surface area contributed by atoms with E-state index in [1.54, 1.807) is 19.1 Å². The first-order valence-electron chi connectivity index (χ1n) is 6.82. The van der Waals surface area contributed by atoms with Crippen molar-refractivity contribution in [3.05, 3.63) is 58.9 Å². The van der Waals surface area contributed by atoms with Gasteiger partial charge >= 0.3 is 0 Å². The van der Waals surface area contributed by atoms with E-state index in [0.29, 0.717) is 29.5 Å². The zero-order valence-corrected chi connectivity index (χ0v) is 13.4. The average Bonchev–Trinajstić information content (AvgIpc) is 2.81. The molecule has 0 radical (unpaired) electrons. The van der Waals surface area contributed by atoms with E-state index in [1.807, 2.05) is 0 Å². The molecule has 8 heteroatoms. The minimum Gasteiger partial charge on any atom is -0.481 e. The number of imidazole rings is 1. The molecule has 0 aliphatic carbocycles. The fraction of sp³-hybridized carbons (Fsp3) is 0.125. The van der Waals surface area contributed by atoms with Gasteiger partial charge in [-0.2, -0.15) is 0 Å². The summed E-state index contributed by atoms with van der Waals surface area (Å²) in [6.45, 7) is 1.62. The molecule has 0 saturated carbocycles. The van der Waals surface area contributed by atoms with E-state index < -0.39 is 23.0 Å². The van der Waals surface area contributed by atoms with Crippen molar-refractivity contribution in [1.29, 1.82) is 0 Å². The van der Waals surface area contributed by atoms with Gasteiger partial charge < -0.3 is 4.74 Å².